The Bertz CT molecular complexity index is 1540. The standard InChI is InChI=1S/C31H29BO4S/c1-29(2)30(3,4)36-32(35-29)24-16-12-15-23(21-24)31(22-13-6-5-7-14-22)25-17-8-10-19-27(25)37(33,34)28-20-11-9-18-26(28)31/h5-21H,1-4H3. The van der Waals surface area contributed by atoms with Gasteiger partial charge < -0.3 is 9.31 Å². The van der Waals surface area contributed by atoms with Crippen LogP contribution in [0.15, 0.2) is 113 Å². The summed E-state index contributed by atoms with van der Waals surface area (Å²) in [4.78, 5) is 0.664. The van der Waals surface area contributed by atoms with Crippen LogP contribution in [-0.2, 0) is 24.6 Å². The van der Waals surface area contributed by atoms with Gasteiger partial charge in [-0.15, -0.1) is 0 Å². The summed E-state index contributed by atoms with van der Waals surface area (Å²) in [5, 5.41) is 0. The van der Waals surface area contributed by atoms with Gasteiger partial charge in [-0.2, -0.15) is 0 Å². The zero-order valence-electron chi connectivity index (χ0n) is 21.4. The quantitative estimate of drug-likeness (QED) is 0.302. The summed E-state index contributed by atoms with van der Waals surface area (Å²) in [5.74, 6) is 0. The van der Waals surface area contributed by atoms with Crippen LogP contribution in [0.5, 0.6) is 0 Å². The normalized spacial score (nSPS) is 20.2. The molecule has 6 rings (SSSR count). The van der Waals surface area contributed by atoms with E-state index in [-0.39, 0.29) is 0 Å². The Kier molecular flexibility index (Phi) is 5.33. The molecule has 0 radical (unpaired) electrons. The average Bonchev–Trinajstić information content (AvgIpc) is 3.12. The molecule has 0 bridgehead atoms. The first kappa shape index (κ1) is 24.2. The summed E-state index contributed by atoms with van der Waals surface area (Å²) in [6, 6.07) is 33.1. The second kappa shape index (κ2) is 8.16. The van der Waals surface area contributed by atoms with E-state index in [1.807, 2.05) is 82.3 Å². The average molecular weight is 508 g/mol. The van der Waals surface area contributed by atoms with Crippen molar-refractivity contribution >= 4 is 22.4 Å². The van der Waals surface area contributed by atoms with Gasteiger partial charge in [0.1, 0.15) is 0 Å². The van der Waals surface area contributed by atoms with E-state index in [2.05, 4.69) is 24.3 Å². The second-order valence-electron chi connectivity index (χ2n) is 10.8. The molecule has 1 fully saturated rings. The predicted octanol–water partition coefficient (Wildman–Crippen LogP) is 5.51. The minimum Gasteiger partial charge on any atom is -0.399 e. The molecule has 186 valence electrons. The molecule has 6 heteroatoms. The van der Waals surface area contributed by atoms with Crippen molar-refractivity contribution in [2.24, 2.45) is 0 Å². The van der Waals surface area contributed by atoms with Crippen LogP contribution in [0, 0.1) is 0 Å². The highest BCUT2D eigenvalue weighted by Crippen LogP contribution is 2.53. The van der Waals surface area contributed by atoms with Crippen LogP contribution in [0.2, 0.25) is 0 Å². The first-order valence-electron chi connectivity index (χ1n) is 12.5. The molecule has 2 aliphatic heterocycles. The fourth-order valence-corrected chi connectivity index (χ4v) is 7.43. The maximum absolute atomic E-state index is 13.8. The molecule has 4 nitrogen and oxygen atoms in total. The third-order valence-corrected chi connectivity index (χ3v) is 10.1. The predicted molar refractivity (Wildman–Crippen MR) is 146 cm³/mol. The fraction of sp³-hybridized carbons (Fsp3) is 0.226. The van der Waals surface area contributed by atoms with E-state index in [1.54, 1.807) is 24.3 Å². The molecule has 1 saturated heterocycles. The smallest absolute Gasteiger partial charge is 0.399 e. The molecular weight excluding hydrogens is 479 g/mol. The lowest BCUT2D eigenvalue weighted by atomic mass is 9.63. The monoisotopic (exact) mass is 508 g/mol. The highest BCUT2D eigenvalue weighted by Gasteiger charge is 2.53. The lowest BCUT2D eigenvalue weighted by molar-refractivity contribution is 0.00578. The van der Waals surface area contributed by atoms with Gasteiger partial charge in [-0.3, -0.25) is 0 Å². The maximum atomic E-state index is 13.8. The van der Waals surface area contributed by atoms with Crippen molar-refractivity contribution in [1.82, 2.24) is 0 Å². The van der Waals surface area contributed by atoms with Crippen LogP contribution >= 0.6 is 0 Å². The Hall–Kier alpha value is -3.19. The fourth-order valence-electron chi connectivity index (χ4n) is 5.66. The molecule has 0 amide bonds. The van der Waals surface area contributed by atoms with Crippen molar-refractivity contribution in [3.63, 3.8) is 0 Å². The summed E-state index contributed by atoms with van der Waals surface area (Å²) in [7, 11) is -4.23. The number of hydrogen-bond donors (Lipinski definition) is 0. The second-order valence-corrected chi connectivity index (χ2v) is 12.7. The number of hydrogen-bond acceptors (Lipinski definition) is 4. The van der Waals surface area contributed by atoms with Crippen molar-refractivity contribution in [1.29, 1.82) is 0 Å². The summed E-state index contributed by atoms with van der Waals surface area (Å²) in [5.41, 5.74) is 2.55. The van der Waals surface area contributed by atoms with E-state index < -0.39 is 33.6 Å². The zero-order chi connectivity index (χ0) is 26.1. The Balaban J connectivity index is 1.68. The first-order chi connectivity index (χ1) is 17.6. The molecule has 0 N–H and O–H groups in total. The summed E-state index contributed by atoms with van der Waals surface area (Å²) < 4.78 is 40.4. The zero-order valence-corrected chi connectivity index (χ0v) is 22.3. The summed E-state index contributed by atoms with van der Waals surface area (Å²) in [6.45, 7) is 8.17. The molecule has 0 atom stereocenters. The third-order valence-electron chi connectivity index (χ3n) is 8.21. The van der Waals surface area contributed by atoms with Crippen molar-refractivity contribution in [3.8, 4) is 0 Å². The SMILES string of the molecule is CC1(C)OB(c2cccc(C3(c4ccccc4)c4ccccc4S(=O)(=O)c4ccccc43)c2)OC1(C)C. The van der Waals surface area contributed by atoms with Gasteiger partial charge in [-0.05, 0) is 67.5 Å². The number of rotatable bonds is 3. The van der Waals surface area contributed by atoms with Gasteiger partial charge in [0, 0.05) is 0 Å². The summed E-state index contributed by atoms with van der Waals surface area (Å²) in [6.07, 6.45) is 0. The lowest BCUT2D eigenvalue weighted by Gasteiger charge is -2.42. The summed E-state index contributed by atoms with van der Waals surface area (Å²) >= 11 is 0. The first-order valence-corrected chi connectivity index (χ1v) is 14.0. The largest absolute Gasteiger partial charge is 0.494 e. The Morgan fingerprint density at radius 1 is 0.595 bits per heavy atom. The van der Waals surface area contributed by atoms with E-state index >= 15 is 0 Å². The van der Waals surface area contributed by atoms with E-state index in [1.165, 1.54) is 0 Å². The molecule has 4 aromatic rings. The number of sulfone groups is 1. The van der Waals surface area contributed by atoms with Crippen LogP contribution in [0.4, 0.5) is 0 Å². The van der Waals surface area contributed by atoms with Crippen LogP contribution in [-0.4, -0.2) is 26.7 Å². The molecule has 2 aliphatic rings. The Morgan fingerprint density at radius 2 is 1.08 bits per heavy atom. The molecule has 4 aromatic carbocycles. The minimum absolute atomic E-state index is 0.332. The van der Waals surface area contributed by atoms with Crippen molar-refractivity contribution in [3.05, 3.63) is 125 Å². The van der Waals surface area contributed by atoms with Gasteiger partial charge in [0.2, 0.25) is 9.84 Å². The van der Waals surface area contributed by atoms with Crippen molar-refractivity contribution in [2.75, 3.05) is 0 Å². The Labute approximate surface area is 219 Å². The molecule has 2 heterocycles. The van der Waals surface area contributed by atoms with Crippen LogP contribution < -0.4 is 5.46 Å². The molecule has 37 heavy (non-hydrogen) atoms. The number of fused-ring (bicyclic) bond motifs is 2. The van der Waals surface area contributed by atoms with Gasteiger partial charge >= 0.3 is 7.12 Å². The molecule has 0 spiro atoms. The third kappa shape index (κ3) is 3.39. The lowest BCUT2D eigenvalue weighted by Crippen LogP contribution is -2.41. The minimum atomic E-state index is -3.69. The van der Waals surface area contributed by atoms with E-state index in [4.69, 9.17) is 9.31 Å². The molecular formula is C31H29BO4S. The van der Waals surface area contributed by atoms with Gasteiger partial charge in [0.25, 0.3) is 0 Å². The van der Waals surface area contributed by atoms with Gasteiger partial charge in [-0.1, -0.05) is 91.0 Å². The van der Waals surface area contributed by atoms with Crippen LogP contribution in [0.1, 0.15) is 49.9 Å². The molecule has 0 aromatic heterocycles. The highest BCUT2D eigenvalue weighted by molar-refractivity contribution is 7.91. The van der Waals surface area contributed by atoms with E-state index in [0.29, 0.717) is 9.79 Å². The van der Waals surface area contributed by atoms with E-state index in [9.17, 15) is 8.42 Å². The van der Waals surface area contributed by atoms with Crippen LogP contribution in [0.25, 0.3) is 0 Å². The molecule has 0 saturated carbocycles. The van der Waals surface area contributed by atoms with Crippen molar-refractivity contribution < 1.29 is 17.7 Å². The molecule has 0 unspecified atom stereocenters. The topological polar surface area (TPSA) is 52.6 Å². The van der Waals surface area contributed by atoms with Gasteiger partial charge in [0.15, 0.2) is 0 Å². The van der Waals surface area contributed by atoms with Crippen LogP contribution in [0.3, 0.4) is 0 Å². The van der Waals surface area contributed by atoms with E-state index in [0.717, 1.165) is 27.7 Å². The van der Waals surface area contributed by atoms with Crippen molar-refractivity contribution in [2.45, 2.75) is 54.1 Å². The highest BCUT2D eigenvalue weighted by atomic mass is 32.2. The van der Waals surface area contributed by atoms with Gasteiger partial charge in [-0.25, -0.2) is 8.42 Å². The Morgan fingerprint density at radius 3 is 1.65 bits per heavy atom. The maximum Gasteiger partial charge on any atom is 0.494 e. The molecule has 0 aliphatic carbocycles. The number of benzene rings is 4. The van der Waals surface area contributed by atoms with Gasteiger partial charge in [0.05, 0.1) is 26.4 Å².